The van der Waals surface area contributed by atoms with E-state index in [-0.39, 0.29) is 66.2 Å². The van der Waals surface area contributed by atoms with Crippen LogP contribution in [-0.4, -0.2) is 47.0 Å². The average Bonchev–Trinajstić information content (AvgIpc) is 3.33. The van der Waals surface area contributed by atoms with Crippen LogP contribution in [0.15, 0.2) is 30.3 Å². The normalized spacial score (nSPS) is 17.6. The highest BCUT2D eigenvalue weighted by molar-refractivity contribution is 6.00. The molecule has 0 bridgehead atoms. The molecule has 1 saturated carbocycles. The number of rotatable bonds is 8. The van der Waals surface area contributed by atoms with Crippen molar-refractivity contribution in [3.63, 3.8) is 0 Å². The summed E-state index contributed by atoms with van der Waals surface area (Å²) in [6.07, 6.45) is -10.3. The number of alkyl halides is 6. The first-order chi connectivity index (χ1) is 20.9. The number of H-pyrrole nitrogens is 1. The van der Waals surface area contributed by atoms with Crippen LogP contribution >= 0.6 is 0 Å². The number of nitrogens with one attached hydrogen (secondary N) is 4. The van der Waals surface area contributed by atoms with Crippen molar-refractivity contribution >= 4 is 34.7 Å². The first-order valence-electron chi connectivity index (χ1n) is 14.0. The Kier molecular flexibility index (Phi) is 9.75. The Labute approximate surface area is 254 Å². The Morgan fingerprint density at radius 2 is 1.69 bits per heavy atom. The molecule has 0 atom stereocenters. The Morgan fingerprint density at radius 3 is 2.29 bits per heavy atom. The van der Waals surface area contributed by atoms with Gasteiger partial charge in [-0.15, -0.1) is 0 Å². The fourth-order valence-corrected chi connectivity index (χ4v) is 4.81. The molecule has 3 aromatic rings. The molecule has 4 N–H and O–H groups in total. The molecule has 0 saturated heterocycles. The number of fused-ring (bicyclic) bond motifs is 1. The lowest BCUT2D eigenvalue weighted by molar-refractivity contribution is -0.189. The van der Waals surface area contributed by atoms with Crippen LogP contribution in [0.3, 0.4) is 0 Å². The van der Waals surface area contributed by atoms with Gasteiger partial charge in [-0.1, -0.05) is 6.07 Å². The Hall–Kier alpha value is -4.21. The Balaban J connectivity index is 1.49. The second-order valence-electron chi connectivity index (χ2n) is 11.6. The summed E-state index contributed by atoms with van der Waals surface area (Å²) in [5.74, 6) is -2.14. The number of methoxy groups -OCH3 is 1. The molecule has 0 spiro atoms. The molecule has 2 aromatic carbocycles. The Bertz CT molecular complexity index is 1520. The molecule has 1 heterocycles. The number of ether oxygens (including phenoxy) is 2. The highest BCUT2D eigenvalue weighted by Crippen LogP contribution is 2.39. The molecule has 1 aromatic heterocycles. The molecule has 0 unspecified atom stereocenters. The summed E-state index contributed by atoms with van der Waals surface area (Å²) in [7, 11) is 1.30. The number of carbonyl (C=O) groups excluding carboxylic acids is 2. The highest BCUT2D eigenvalue weighted by Gasteiger charge is 2.42. The zero-order valence-electron chi connectivity index (χ0n) is 24.8. The molecule has 4 rings (SSSR count). The van der Waals surface area contributed by atoms with Crippen molar-refractivity contribution in [1.29, 1.82) is 0 Å². The largest absolute Gasteiger partial charge is 0.496 e. The summed E-state index contributed by atoms with van der Waals surface area (Å²) in [4.78, 5) is 37.4. The third kappa shape index (κ3) is 8.93. The van der Waals surface area contributed by atoms with E-state index in [2.05, 4.69) is 26.1 Å². The van der Waals surface area contributed by atoms with Gasteiger partial charge in [-0.2, -0.15) is 26.3 Å². The van der Waals surface area contributed by atoms with Gasteiger partial charge in [0.15, 0.2) is 0 Å². The van der Waals surface area contributed by atoms with Gasteiger partial charge in [0.1, 0.15) is 11.4 Å². The van der Waals surface area contributed by atoms with Crippen LogP contribution in [0.4, 0.5) is 42.8 Å². The van der Waals surface area contributed by atoms with Crippen LogP contribution in [0.25, 0.3) is 11.0 Å². The van der Waals surface area contributed by atoms with Crippen molar-refractivity contribution in [3.05, 3.63) is 47.0 Å². The van der Waals surface area contributed by atoms with Gasteiger partial charge in [0.2, 0.25) is 5.95 Å². The van der Waals surface area contributed by atoms with Crippen molar-refractivity contribution in [3.8, 4) is 5.75 Å². The second-order valence-corrected chi connectivity index (χ2v) is 11.6. The summed E-state index contributed by atoms with van der Waals surface area (Å²) in [5, 5.41) is 5.12. The number of aromatic amines is 1. The van der Waals surface area contributed by atoms with Crippen LogP contribution in [0, 0.1) is 5.92 Å². The topological polar surface area (TPSA) is 127 Å². The van der Waals surface area contributed by atoms with Crippen molar-refractivity contribution in [2.75, 3.05) is 12.4 Å². The number of hydrogen-bond donors (Lipinski definition) is 4. The second kappa shape index (κ2) is 13.0. The highest BCUT2D eigenvalue weighted by atomic mass is 19.4. The van der Waals surface area contributed by atoms with Gasteiger partial charge < -0.3 is 25.1 Å². The zero-order chi connectivity index (χ0) is 33.2. The lowest BCUT2D eigenvalue weighted by atomic mass is 9.87. The van der Waals surface area contributed by atoms with E-state index in [0.29, 0.717) is 5.56 Å². The molecular weight excluding hydrogens is 612 g/mol. The predicted molar refractivity (Wildman–Crippen MR) is 151 cm³/mol. The monoisotopic (exact) mass is 645 g/mol. The number of anilines is 2. The third-order valence-corrected chi connectivity index (χ3v) is 6.98. The first-order valence-corrected chi connectivity index (χ1v) is 14.0. The number of imidazole rings is 1. The molecular formula is C29H33F6N5O5. The third-order valence-electron chi connectivity index (χ3n) is 6.98. The number of alkyl carbamates (subject to hydrolysis) is 1. The van der Waals surface area contributed by atoms with E-state index in [9.17, 15) is 35.9 Å². The lowest BCUT2D eigenvalue weighted by Crippen LogP contribution is -2.35. The number of carbonyl (C=O) groups is 2. The van der Waals surface area contributed by atoms with Gasteiger partial charge in [-0.3, -0.25) is 9.63 Å². The van der Waals surface area contributed by atoms with Crippen molar-refractivity contribution < 1.29 is 50.2 Å². The molecule has 16 heteroatoms. The number of nitrogens with zero attached hydrogens (tertiary/aromatic N) is 1. The maximum atomic E-state index is 13.8. The molecule has 45 heavy (non-hydrogen) atoms. The number of hydrogen-bond acceptors (Lipinski definition) is 7. The standard InChI is InChI=1S/C29H33F6N5O5/c1-27(2,3)44-26(42)36-14-15-5-10-19(29(33,34)35)20(11-15)37-25-38-21-12-18(23(43-4)13-22(21)39-25)24(41)40-45-17-8-6-16(7-9-17)28(30,31)32/h5,10-13,16-17H,6-9,14H2,1-4H3,(H,36,42)(H,40,41)(H2,37,38,39). The van der Waals surface area contributed by atoms with Gasteiger partial charge in [0, 0.05) is 12.6 Å². The zero-order valence-corrected chi connectivity index (χ0v) is 24.8. The smallest absolute Gasteiger partial charge is 0.418 e. The fourth-order valence-electron chi connectivity index (χ4n) is 4.81. The quantitative estimate of drug-likeness (QED) is 0.152. The van der Waals surface area contributed by atoms with Crippen LogP contribution in [0.5, 0.6) is 5.75 Å². The molecule has 1 aliphatic carbocycles. The summed E-state index contributed by atoms with van der Waals surface area (Å²) in [6.45, 7) is 4.92. The predicted octanol–water partition coefficient (Wildman–Crippen LogP) is 7.14. The molecule has 0 aliphatic heterocycles. The number of aromatic nitrogens is 2. The summed E-state index contributed by atoms with van der Waals surface area (Å²) < 4.78 is 90.7. The molecule has 246 valence electrons. The minimum Gasteiger partial charge on any atom is -0.496 e. The van der Waals surface area contributed by atoms with Crippen molar-refractivity contribution in [1.82, 2.24) is 20.8 Å². The van der Waals surface area contributed by atoms with Crippen LogP contribution in [0.1, 0.15) is 67.9 Å². The van der Waals surface area contributed by atoms with Gasteiger partial charge in [0.05, 0.1) is 47.0 Å². The van der Waals surface area contributed by atoms with E-state index < -0.39 is 47.5 Å². The van der Waals surface area contributed by atoms with E-state index in [1.54, 1.807) is 20.8 Å². The maximum absolute atomic E-state index is 13.8. The summed E-state index contributed by atoms with van der Waals surface area (Å²) in [6, 6.07) is 6.07. The SMILES string of the molecule is COc1cc2nc(Nc3cc(CNC(=O)OC(C)(C)C)ccc3C(F)(F)F)[nH]c2cc1C(=O)NOC1CCC(C(F)(F)F)CC1. The van der Waals surface area contributed by atoms with Gasteiger partial charge in [0.25, 0.3) is 5.91 Å². The summed E-state index contributed by atoms with van der Waals surface area (Å²) >= 11 is 0. The summed E-state index contributed by atoms with van der Waals surface area (Å²) in [5.41, 5.74) is 1.04. The van der Waals surface area contributed by atoms with Crippen LogP contribution in [-0.2, 0) is 22.3 Å². The van der Waals surface area contributed by atoms with Crippen LogP contribution in [0.2, 0.25) is 0 Å². The van der Waals surface area contributed by atoms with E-state index in [1.807, 2.05) is 0 Å². The van der Waals surface area contributed by atoms with Gasteiger partial charge >= 0.3 is 18.4 Å². The minimum absolute atomic E-state index is 0.00428. The van der Waals surface area contributed by atoms with Crippen molar-refractivity contribution in [2.45, 2.75) is 77.1 Å². The molecule has 0 radical (unpaired) electrons. The van der Waals surface area contributed by atoms with Gasteiger partial charge in [-0.25, -0.2) is 15.3 Å². The fraction of sp³-hybridized carbons (Fsp3) is 0.483. The molecule has 10 nitrogen and oxygen atoms in total. The average molecular weight is 646 g/mol. The van der Waals surface area contributed by atoms with Gasteiger partial charge in [-0.05, 0) is 70.2 Å². The van der Waals surface area contributed by atoms with E-state index in [1.165, 1.54) is 31.4 Å². The first kappa shape index (κ1) is 33.7. The molecule has 1 fully saturated rings. The minimum atomic E-state index is -4.72. The number of amides is 2. The number of halogens is 6. The van der Waals surface area contributed by atoms with E-state index >= 15 is 0 Å². The number of hydroxylamine groups is 1. The lowest BCUT2D eigenvalue weighted by Gasteiger charge is -2.29. The van der Waals surface area contributed by atoms with E-state index in [0.717, 1.165) is 6.07 Å². The van der Waals surface area contributed by atoms with Crippen molar-refractivity contribution in [2.24, 2.45) is 5.92 Å². The maximum Gasteiger partial charge on any atom is 0.418 e. The number of benzene rings is 2. The Morgan fingerprint density at radius 1 is 1.00 bits per heavy atom. The molecule has 2 amide bonds. The molecule has 1 aliphatic rings. The van der Waals surface area contributed by atoms with Crippen LogP contribution < -0.4 is 20.9 Å². The van der Waals surface area contributed by atoms with E-state index in [4.69, 9.17) is 14.3 Å².